The molecule has 0 amide bonds. The molecule has 0 bridgehead atoms. The van der Waals surface area contributed by atoms with Gasteiger partial charge in [-0.2, -0.15) is 0 Å². The Kier molecular flexibility index (Phi) is 3.93. The molecule has 1 heterocycles. The van der Waals surface area contributed by atoms with Crippen molar-refractivity contribution in [3.05, 3.63) is 78.6 Å². The lowest BCUT2D eigenvalue weighted by Gasteiger charge is -2.08. The molecule has 3 aromatic carbocycles. The van der Waals surface area contributed by atoms with Gasteiger partial charge in [-0.25, -0.2) is 17.8 Å². The van der Waals surface area contributed by atoms with Crippen molar-refractivity contribution in [1.29, 1.82) is 0 Å². The zero-order chi connectivity index (χ0) is 18.1. The summed E-state index contributed by atoms with van der Waals surface area (Å²) in [6, 6.07) is 19.7. The van der Waals surface area contributed by atoms with E-state index >= 15 is 0 Å². The first-order valence-corrected chi connectivity index (χ1v) is 9.34. The number of fused-ring (bicyclic) bond motifs is 1. The molecule has 0 aliphatic carbocycles. The van der Waals surface area contributed by atoms with Gasteiger partial charge in [0.15, 0.2) is 0 Å². The van der Waals surface area contributed by atoms with Crippen molar-refractivity contribution in [1.82, 2.24) is 9.97 Å². The lowest BCUT2D eigenvalue weighted by atomic mass is 10.2. The molecule has 130 valence electrons. The lowest BCUT2D eigenvalue weighted by Crippen LogP contribution is -2.13. The van der Waals surface area contributed by atoms with Crippen molar-refractivity contribution in [3.8, 4) is 11.4 Å². The number of benzene rings is 3. The van der Waals surface area contributed by atoms with E-state index in [-0.39, 0.29) is 10.6 Å². The number of hydrogen-bond acceptors (Lipinski definition) is 3. The number of sulfonamides is 1. The van der Waals surface area contributed by atoms with Gasteiger partial charge in [0.1, 0.15) is 11.6 Å². The van der Waals surface area contributed by atoms with Crippen LogP contribution in [0.4, 0.5) is 10.1 Å². The van der Waals surface area contributed by atoms with Crippen molar-refractivity contribution in [3.63, 3.8) is 0 Å². The third-order valence-electron chi connectivity index (χ3n) is 3.93. The second-order valence-corrected chi connectivity index (χ2v) is 7.40. The van der Waals surface area contributed by atoms with E-state index < -0.39 is 15.8 Å². The van der Waals surface area contributed by atoms with E-state index in [0.717, 1.165) is 5.56 Å². The van der Waals surface area contributed by atoms with Gasteiger partial charge in [-0.3, -0.25) is 4.72 Å². The van der Waals surface area contributed by atoms with Crippen LogP contribution in [0.1, 0.15) is 0 Å². The van der Waals surface area contributed by atoms with Gasteiger partial charge < -0.3 is 4.98 Å². The summed E-state index contributed by atoms with van der Waals surface area (Å²) in [6.07, 6.45) is 0. The largest absolute Gasteiger partial charge is 0.338 e. The Labute approximate surface area is 149 Å². The maximum atomic E-state index is 13.7. The summed E-state index contributed by atoms with van der Waals surface area (Å²) in [7, 11) is -3.92. The van der Waals surface area contributed by atoms with Gasteiger partial charge in [0.05, 0.1) is 21.6 Å². The second kappa shape index (κ2) is 6.27. The molecule has 0 saturated heterocycles. The standard InChI is InChI=1S/C19H14FN3O2S/c20-15-8-4-5-9-16(15)23-26(24,25)14-10-11-17-18(12-14)22-19(21-17)13-6-2-1-3-7-13/h1-12,23H,(H,21,22). The number of aromatic amines is 1. The fourth-order valence-corrected chi connectivity index (χ4v) is 3.73. The number of rotatable bonds is 4. The van der Waals surface area contributed by atoms with Crippen LogP contribution in [0, 0.1) is 5.82 Å². The number of nitrogens with one attached hydrogen (secondary N) is 2. The highest BCUT2D eigenvalue weighted by Gasteiger charge is 2.17. The Morgan fingerprint density at radius 2 is 1.65 bits per heavy atom. The van der Waals surface area contributed by atoms with E-state index in [9.17, 15) is 12.8 Å². The van der Waals surface area contributed by atoms with Gasteiger partial charge >= 0.3 is 0 Å². The molecule has 0 atom stereocenters. The normalized spacial score (nSPS) is 11.6. The summed E-state index contributed by atoms with van der Waals surface area (Å²) in [6.45, 7) is 0. The van der Waals surface area contributed by atoms with Gasteiger partial charge in [0.25, 0.3) is 10.0 Å². The first-order valence-electron chi connectivity index (χ1n) is 7.85. The van der Waals surface area contributed by atoms with Crippen molar-refractivity contribution in [2.75, 3.05) is 4.72 Å². The van der Waals surface area contributed by atoms with Gasteiger partial charge in [0, 0.05) is 5.56 Å². The number of aromatic nitrogens is 2. The predicted octanol–water partition coefficient (Wildman–Crippen LogP) is 4.17. The zero-order valence-electron chi connectivity index (χ0n) is 13.5. The van der Waals surface area contributed by atoms with E-state index in [4.69, 9.17) is 0 Å². The average molecular weight is 367 g/mol. The molecule has 0 aliphatic heterocycles. The molecule has 7 heteroatoms. The molecule has 0 radical (unpaired) electrons. The Balaban J connectivity index is 1.72. The van der Waals surface area contributed by atoms with Gasteiger partial charge in [-0.1, -0.05) is 42.5 Å². The minimum atomic E-state index is -3.92. The van der Waals surface area contributed by atoms with Crippen LogP contribution < -0.4 is 4.72 Å². The molecule has 26 heavy (non-hydrogen) atoms. The van der Waals surface area contributed by atoms with Crippen LogP contribution in [0.15, 0.2) is 77.7 Å². The Morgan fingerprint density at radius 1 is 0.923 bits per heavy atom. The summed E-state index contributed by atoms with van der Waals surface area (Å²) < 4.78 is 41.1. The first-order chi connectivity index (χ1) is 12.5. The molecular formula is C19H14FN3O2S. The molecule has 0 aliphatic rings. The molecule has 4 rings (SSSR count). The Hall–Kier alpha value is -3.19. The molecular weight excluding hydrogens is 353 g/mol. The maximum Gasteiger partial charge on any atom is 0.262 e. The fraction of sp³-hybridized carbons (Fsp3) is 0. The predicted molar refractivity (Wildman–Crippen MR) is 98.7 cm³/mol. The maximum absolute atomic E-state index is 13.7. The van der Waals surface area contributed by atoms with Crippen LogP contribution in [0.25, 0.3) is 22.4 Å². The van der Waals surface area contributed by atoms with E-state index in [1.807, 2.05) is 30.3 Å². The van der Waals surface area contributed by atoms with Crippen LogP contribution in [-0.2, 0) is 10.0 Å². The number of imidazole rings is 1. The quantitative estimate of drug-likeness (QED) is 0.568. The molecule has 4 aromatic rings. The molecule has 0 saturated carbocycles. The van der Waals surface area contributed by atoms with Crippen molar-refractivity contribution in [2.24, 2.45) is 0 Å². The summed E-state index contributed by atoms with van der Waals surface area (Å²) in [5.41, 5.74) is 2.04. The third kappa shape index (κ3) is 3.04. The van der Waals surface area contributed by atoms with E-state index in [0.29, 0.717) is 16.9 Å². The zero-order valence-corrected chi connectivity index (χ0v) is 14.3. The van der Waals surface area contributed by atoms with Crippen LogP contribution in [0.2, 0.25) is 0 Å². The third-order valence-corrected chi connectivity index (χ3v) is 5.29. The molecule has 1 aromatic heterocycles. The molecule has 0 unspecified atom stereocenters. The SMILES string of the molecule is O=S(=O)(Nc1ccccc1F)c1ccc2nc(-c3ccccc3)[nH]c2c1. The second-order valence-electron chi connectivity index (χ2n) is 5.72. The van der Waals surface area contributed by atoms with Gasteiger partial charge in [-0.15, -0.1) is 0 Å². The monoisotopic (exact) mass is 367 g/mol. The van der Waals surface area contributed by atoms with E-state index in [1.54, 1.807) is 12.1 Å². The lowest BCUT2D eigenvalue weighted by molar-refractivity contribution is 0.598. The summed E-state index contributed by atoms with van der Waals surface area (Å²) in [4.78, 5) is 7.62. The number of anilines is 1. The fourth-order valence-electron chi connectivity index (χ4n) is 2.64. The number of H-pyrrole nitrogens is 1. The Bertz CT molecular complexity index is 1190. The topological polar surface area (TPSA) is 74.8 Å². The van der Waals surface area contributed by atoms with Crippen molar-refractivity contribution in [2.45, 2.75) is 4.90 Å². The number of halogens is 1. The highest BCUT2D eigenvalue weighted by atomic mass is 32.2. The van der Waals surface area contributed by atoms with Crippen LogP contribution in [0.3, 0.4) is 0 Å². The minimum absolute atomic E-state index is 0.0246. The molecule has 2 N–H and O–H groups in total. The van der Waals surface area contributed by atoms with E-state index in [2.05, 4.69) is 14.7 Å². The first kappa shape index (κ1) is 16.3. The number of para-hydroxylation sites is 1. The van der Waals surface area contributed by atoms with Crippen molar-refractivity contribution >= 4 is 26.7 Å². The van der Waals surface area contributed by atoms with E-state index in [1.165, 1.54) is 30.3 Å². The van der Waals surface area contributed by atoms with Crippen LogP contribution >= 0.6 is 0 Å². The van der Waals surface area contributed by atoms with Gasteiger partial charge in [0.2, 0.25) is 0 Å². The Morgan fingerprint density at radius 3 is 2.42 bits per heavy atom. The highest BCUT2D eigenvalue weighted by Crippen LogP contribution is 2.24. The van der Waals surface area contributed by atoms with Crippen LogP contribution in [0.5, 0.6) is 0 Å². The molecule has 5 nitrogen and oxygen atoms in total. The average Bonchev–Trinajstić information content (AvgIpc) is 3.07. The molecule has 0 spiro atoms. The highest BCUT2D eigenvalue weighted by molar-refractivity contribution is 7.92. The van der Waals surface area contributed by atoms with Crippen LogP contribution in [-0.4, -0.2) is 18.4 Å². The molecule has 0 fully saturated rings. The number of hydrogen-bond donors (Lipinski definition) is 2. The summed E-state index contributed by atoms with van der Waals surface area (Å²) in [5.74, 6) is 0.0160. The van der Waals surface area contributed by atoms with Crippen molar-refractivity contribution < 1.29 is 12.8 Å². The summed E-state index contributed by atoms with van der Waals surface area (Å²) >= 11 is 0. The minimum Gasteiger partial charge on any atom is -0.338 e. The summed E-state index contributed by atoms with van der Waals surface area (Å²) in [5, 5.41) is 0. The number of nitrogens with zero attached hydrogens (tertiary/aromatic N) is 1. The van der Waals surface area contributed by atoms with Gasteiger partial charge in [-0.05, 0) is 30.3 Å². The smallest absolute Gasteiger partial charge is 0.262 e.